The largest absolute Gasteiger partial charge is 0.508 e. The molecule has 1 spiro atoms. The second-order valence-electron chi connectivity index (χ2n) is 16.9. The lowest BCUT2D eigenvalue weighted by Gasteiger charge is -2.56. The maximum absolute atomic E-state index is 14.7. The first-order chi connectivity index (χ1) is 26.9. The van der Waals surface area contributed by atoms with Crippen molar-refractivity contribution >= 4 is 17.5 Å². The second-order valence-corrected chi connectivity index (χ2v) is 16.9. The number of benzene rings is 3. The molecule has 6 heteroatoms. The molecular weight excluding hydrogens is 683 g/mol. The van der Waals surface area contributed by atoms with Crippen LogP contribution in [0.4, 0.5) is 0 Å². The zero-order chi connectivity index (χ0) is 37.7. The molecule has 284 valence electrons. The van der Waals surface area contributed by atoms with Gasteiger partial charge in [0.2, 0.25) is 0 Å². The van der Waals surface area contributed by atoms with Crippen LogP contribution in [0.25, 0.3) is 16.7 Å². The summed E-state index contributed by atoms with van der Waals surface area (Å²) in [4.78, 5) is 29.0. The highest BCUT2D eigenvalue weighted by molar-refractivity contribution is 6.07. The molecule has 2 bridgehead atoms. The van der Waals surface area contributed by atoms with Gasteiger partial charge in [-0.05, 0) is 146 Å². The second kappa shape index (κ2) is 14.8. The van der Waals surface area contributed by atoms with Gasteiger partial charge in [0, 0.05) is 23.6 Å². The van der Waals surface area contributed by atoms with Crippen LogP contribution in [-0.4, -0.2) is 24.1 Å². The van der Waals surface area contributed by atoms with Crippen molar-refractivity contribution < 1.29 is 24.2 Å². The molecule has 55 heavy (non-hydrogen) atoms. The SMILES string of the molecule is CC[C@H](C=C1OC(=O)C2=C(c3cc(O)ccc3-c3cccc(CNC)c3)[C@@H]3CC[C@]12[C@H]1C2=C(CC[C@H]31)C(=CCCC1CCCC1)OC2=O)Cc1ccccc1. The molecule has 0 radical (unpaired) electrons. The third-order valence-corrected chi connectivity index (χ3v) is 13.9. The average molecular weight is 736 g/mol. The van der Waals surface area contributed by atoms with Gasteiger partial charge < -0.3 is 19.9 Å². The Morgan fingerprint density at radius 1 is 0.891 bits per heavy atom. The van der Waals surface area contributed by atoms with Gasteiger partial charge in [-0.2, -0.15) is 0 Å². The van der Waals surface area contributed by atoms with Crippen molar-refractivity contribution in [3.05, 3.63) is 130 Å². The van der Waals surface area contributed by atoms with Crippen LogP contribution in [0, 0.1) is 35.0 Å². The summed E-state index contributed by atoms with van der Waals surface area (Å²) >= 11 is 0. The lowest BCUT2D eigenvalue weighted by atomic mass is 9.44. The Morgan fingerprint density at radius 3 is 2.51 bits per heavy atom. The van der Waals surface area contributed by atoms with Crippen LogP contribution in [0.5, 0.6) is 5.75 Å². The number of carbonyl (C=O) groups is 2. The number of rotatable bonds is 11. The Labute approximate surface area is 325 Å². The number of nitrogens with one attached hydrogen (secondary N) is 1. The number of hydrogen-bond donors (Lipinski definition) is 2. The standard InChI is InChI=1S/C49H53NO5/c1-3-30(25-32-13-5-4-6-14-32)27-42-49-24-23-37(38-21-22-39-41(54-47(52)44(39)45(38)49)18-10-15-31-11-7-8-12-31)43(46(49)48(53)55-42)40-28-35(51)19-20-36(40)34-17-9-16-33(26-34)29-50-2/h4-6,9,13-14,16-20,26-28,30-31,37-38,45,50-51H,3,7-8,10-12,15,21-25,29H2,1-2H3/t30-,37+,38+,45+,49+/m0/s1. The molecule has 5 atom stereocenters. The van der Waals surface area contributed by atoms with E-state index in [4.69, 9.17) is 9.47 Å². The first kappa shape index (κ1) is 36.0. The van der Waals surface area contributed by atoms with Gasteiger partial charge in [0.1, 0.15) is 17.3 Å². The van der Waals surface area contributed by atoms with E-state index in [1.807, 2.05) is 25.2 Å². The number of phenolic OH excluding ortho intramolecular Hbond substituents is 1. The van der Waals surface area contributed by atoms with E-state index in [1.54, 1.807) is 6.07 Å². The van der Waals surface area contributed by atoms with Crippen LogP contribution in [0.15, 0.2) is 113 Å². The van der Waals surface area contributed by atoms with Crippen LogP contribution in [-0.2, 0) is 32.0 Å². The number of allylic oxidation sites excluding steroid dienone is 5. The molecule has 3 fully saturated rings. The molecule has 2 aliphatic heterocycles. The molecule has 2 N–H and O–H groups in total. The van der Waals surface area contributed by atoms with Crippen LogP contribution in [0.1, 0.15) is 94.2 Å². The molecule has 7 aliphatic rings. The molecule has 1 saturated heterocycles. The quantitative estimate of drug-likeness (QED) is 0.191. The molecule has 10 rings (SSSR count). The molecule has 6 nitrogen and oxygen atoms in total. The van der Waals surface area contributed by atoms with Crippen LogP contribution >= 0.6 is 0 Å². The summed E-state index contributed by atoms with van der Waals surface area (Å²) in [6, 6.07) is 24.6. The van der Waals surface area contributed by atoms with Crippen molar-refractivity contribution in [3.63, 3.8) is 0 Å². The van der Waals surface area contributed by atoms with Gasteiger partial charge in [0.05, 0.1) is 11.0 Å². The summed E-state index contributed by atoms with van der Waals surface area (Å²) in [6.07, 6.45) is 16.7. The molecule has 2 heterocycles. The maximum Gasteiger partial charge on any atom is 0.340 e. The van der Waals surface area contributed by atoms with Crippen molar-refractivity contribution in [2.75, 3.05) is 7.05 Å². The Bertz CT molecular complexity index is 2130. The van der Waals surface area contributed by atoms with Gasteiger partial charge in [-0.3, -0.25) is 0 Å². The van der Waals surface area contributed by atoms with E-state index in [1.165, 1.54) is 31.2 Å². The summed E-state index contributed by atoms with van der Waals surface area (Å²) in [7, 11) is 1.94. The predicted molar refractivity (Wildman–Crippen MR) is 215 cm³/mol. The molecule has 0 aromatic heterocycles. The molecule has 2 saturated carbocycles. The van der Waals surface area contributed by atoms with E-state index in [0.29, 0.717) is 11.3 Å². The number of phenols is 1. The molecule has 0 amide bonds. The van der Waals surface area contributed by atoms with Crippen molar-refractivity contribution in [1.29, 1.82) is 0 Å². The van der Waals surface area contributed by atoms with E-state index < -0.39 is 5.41 Å². The third kappa shape index (κ3) is 6.21. The summed E-state index contributed by atoms with van der Waals surface area (Å²) in [6.45, 7) is 2.93. The Hall–Kier alpha value is -4.68. The van der Waals surface area contributed by atoms with Gasteiger partial charge in [0.15, 0.2) is 0 Å². The fourth-order valence-corrected chi connectivity index (χ4v) is 11.5. The Kier molecular flexibility index (Phi) is 9.66. The number of esters is 2. The van der Waals surface area contributed by atoms with Crippen LogP contribution in [0.2, 0.25) is 0 Å². The van der Waals surface area contributed by atoms with Crippen LogP contribution in [0.3, 0.4) is 0 Å². The summed E-state index contributed by atoms with van der Waals surface area (Å²) in [5.41, 5.74) is 8.03. The zero-order valence-corrected chi connectivity index (χ0v) is 32.2. The zero-order valence-electron chi connectivity index (χ0n) is 32.2. The lowest BCUT2D eigenvalue weighted by molar-refractivity contribution is -0.135. The highest BCUT2D eigenvalue weighted by atomic mass is 16.5. The van der Waals surface area contributed by atoms with E-state index in [-0.39, 0.29) is 41.4 Å². The number of aromatic hydroxyl groups is 1. The minimum atomic E-state index is -0.800. The van der Waals surface area contributed by atoms with Crippen molar-refractivity contribution in [1.82, 2.24) is 5.32 Å². The van der Waals surface area contributed by atoms with E-state index >= 15 is 0 Å². The smallest absolute Gasteiger partial charge is 0.340 e. The maximum atomic E-state index is 14.7. The third-order valence-electron chi connectivity index (χ3n) is 13.9. The fraction of sp³-hybridized carbons (Fsp3) is 0.429. The van der Waals surface area contributed by atoms with E-state index in [2.05, 4.69) is 72.9 Å². The number of fused-ring (bicyclic) bond motifs is 1. The predicted octanol–water partition coefficient (Wildman–Crippen LogP) is 10.4. The Balaban J connectivity index is 1.22. The van der Waals surface area contributed by atoms with Gasteiger partial charge in [-0.15, -0.1) is 0 Å². The van der Waals surface area contributed by atoms with Crippen molar-refractivity contribution in [2.45, 2.75) is 90.5 Å². The van der Waals surface area contributed by atoms with Gasteiger partial charge in [-0.1, -0.05) is 87.2 Å². The van der Waals surface area contributed by atoms with Crippen LogP contribution < -0.4 is 5.32 Å². The van der Waals surface area contributed by atoms with E-state index in [9.17, 15) is 14.7 Å². The van der Waals surface area contributed by atoms with E-state index in [0.717, 1.165) is 109 Å². The number of carbonyl (C=O) groups excluding carboxylic acids is 2. The fourth-order valence-electron chi connectivity index (χ4n) is 11.5. The number of ether oxygens (including phenoxy) is 2. The summed E-state index contributed by atoms with van der Waals surface area (Å²) < 4.78 is 12.8. The number of hydrogen-bond acceptors (Lipinski definition) is 6. The normalized spacial score (nSPS) is 27.8. The molecule has 0 unspecified atom stereocenters. The van der Waals surface area contributed by atoms with Gasteiger partial charge in [0.25, 0.3) is 0 Å². The van der Waals surface area contributed by atoms with Crippen molar-refractivity contribution in [3.8, 4) is 16.9 Å². The summed E-state index contributed by atoms with van der Waals surface area (Å²) in [5, 5.41) is 14.4. The molecule has 5 aliphatic carbocycles. The molecular formula is C49H53NO5. The highest BCUT2D eigenvalue weighted by Crippen LogP contribution is 2.72. The van der Waals surface area contributed by atoms with Gasteiger partial charge >= 0.3 is 11.9 Å². The monoisotopic (exact) mass is 735 g/mol. The van der Waals surface area contributed by atoms with Gasteiger partial charge in [-0.25, -0.2) is 9.59 Å². The average Bonchev–Trinajstić information content (AvgIpc) is 3.92. The Morgan fingerprint density at radius 2 is 1.71 bits per heavy atom. The minimum Gasteiger partial charge on any atom is -0.508 e. The molecule has 3 aromatic carbocycles. The highest BCUT2D eigenvalue weighted by Gasteiger charge is 2.68. The van der Waals surface area contributed by atoms with Crippen molar-refractivity contribution in [2.24, 2.45) is 35.0 Å². The lowest BCUT2D eigenvalue weighted by Crippen LogP contribution is -2.52. The topological polar surface area (TPSA) is 84.9 Å². The summed E-state index contributed by atoms with van der Waals surface area (Å²) in [5.74, 6) is 1.91. The first-order valence-electron chi connectivity index (χ1n) is 20.9. The minimum absolute atomic E-state index is 0.0263. The number of cyclic esters (lactones) is 2. The molecule has 3 aromatic rings. The first-order valence-corrected chi connectivity index (χ1v) is 20.9.